The highest BCUT2D eigenvalue weighted by Gasteiger charge is 2.37. The van der Waals surface area contributed by atoms with Crippen LogP contribution >= 0.6 is 0 Å². The molecule has 25 nitrogen and oxygen atoms in total. The molecule has 0 bridgehead atoms. The summed E-state index contributed by atoms with van der Waals surface area (Å²) in [5.41, 5.74) is 0. The van der Waals surface area contributed by atoms with Gasteiger partial charge in [-0.15, -0.1) is 0 Å². The first kappa shape index (κ1) is 61.3. The maximum atomic E-state index is 13.3. The number of unbranched alkanes of at least 4 members (excludes halogenated alkanes) is 1. The number of ether oxygens (including phenoxy) is 10. The molecular weight excluding hydrogens is 929 g/mol. The van der Waals surface area contributed by atoms with E-state index < -0.39 is 65.4 Å². The molecule has 398 valence electrons. The Morgan fingerprint density at radius 2 is 0.957 bits per heavy atom. The average Bonchev–Trinajstić information content (AvgIpc) is 3.85. The van der Waals surface area contributed by atoms with Crippen molar-refractivity contribution in [1.82, 2.24) is 31.1 Å². The molecule has 25 heteroatoms. The van der Waals surface area contributed by atoms with Crippen molar-refractivity contribution in [2.45, 2.75) is 76.9 Å². The minimum atomic E-state index is -1.25. The summed E-state index contributed by atoms with van der Waals surface area (Å²) >= 11 is 0. The first-order chi connectivity index (χ1) is 33.8. The van der Waals surface area contributed by atoms with Crippen molar-refractivity contribution < 1.29 is 90.5 Å². The molecule has 0 aromatic rings. The Hall–Kier alpha value is -4.83. The van der Waals surface area contributed by atoms with Crippen molar-refractivity contribution in [3.63, 3.8) is 0 Å². The van der Waals surface area contributed by atoms with Crippen LogP contribution in [-0.2, 0) is 90.5 Å². The van der Waals surface area contributed by atoms with Crippen LogP contribution in [-0.4, -0.2) is 227 Å². The van der Waals surface area contributed by atoms with Gasteiger partial charge in [0.1, 0.15) is 24.7 Å². The molecule has 3 atom stereocenters. The number of nitrogens with one attached hydrogen (secondary N) is 4. The molecule has 9 amide bonds. The van der Waals surface area contributed by atoms with E-state index in [2.05, 4.69) is 21.3 Å². The Morgan fingerprint density at radius 3 is 1.41 bits per heavy atom. The Kier molecular flexibility index (Phi) is 34.0. The number of hydrogen-bond acceptors (Lipinski definition) is 19. The Labute approximate surface area is 408 Å². The maximum Gasteiger partial charge on any atom is 0.258 e. The van der Waals surface area contributed by atoms with E-state index in [9.17, 15) is 43.2 Å². The largest absolute Gasteiger partial charge is 0.382 e. The highest BCUT2D eigenvalue weighted by atomic mass is 16.6. The monoisotopic (exact) mass is 1000 g/mol. The van der Waals surface area contributed by atoms with Gasteiger partial charge in [0.15, 0.2) is 0 Å². The van der Waals surface area contributed by atoms with Crippen LogP contribution in [0.2, 0.25) is 0 Å². The number of carbonyl (C=O) groups is 9. The molecule has 0 spiro atoms. The number of amides is 9. The number of carbonyl (C=O) groups excluding carboxylic acids is 9. The van der Waals surface area contributed by atoms with Gasteiger partial charge in [-0.25, -0.2) is 4.90 Å². The lowest BCUT2D eigenvalue weighted by atomic mass is 10.1. The van der Waals surface area contributed by atoms with E-state index in [1.807, 2.05) is 0 Å². The zero-order chi connectivity index (χ0) is 51.2. The molecule has 2 rings (SSSR count). The quantitative estimate of drug-likeness (QED) is 0.0377. The fourth-order valence-electron chi connectivity index (χ4n) is 6.20. The molecule has 0 radical (unpaired) electrons. The highest BCUT2D eigenvalue weighted by Crippen LogP contribution is 2.13. The van der Waals surface area contributed by atoms with Gasteiger partial charge in [-0.2, -0.15) is 0 Å². The molecule has 0 aliphatic carbocycles. The van der Waals surface area contributed by atoms with Crippen molar-refractivity contribution in [2.24, 2.45) is 0 Å². The van der Waals surface area contributed by atoms with E-state index in [1.54, 1.807) is 7.11 Å². The minimum absolute atomic E-state index is 0.00138. The summed E-state index contributed by atoms with van der Waals surface area (Å²) in [7, 11) is 1.63. The van der Waals surface area contributed by atoms with E-state index in [-0.39, 0.29) is 70.9 Å². The van der Waals surface area contributed by atoms with Crippen LogP contribution in [0.1, 0.15) is 58.8 Å². The normalized spacial score (nSPS) is 14.8. The lowest BCUT2D eigenvalue weighted by Crippen LogP contribution is -2.56. The number of nitrogens with zero attached hydrogens (tertiary/aromatic N) is 2. The fraction of sp³-hybridized carbons (Fsp3) is 0.756. The Bertz CT molecular complexity index is 1600. The third kappa shape index (κ3) is 28.1. The molecular formula is C45H74N6O19. The van der Waals surface area contributed by atoms with Crippen molar-refractivity contribution in [1.29, 1.82) is 0 Å². The molecule has 1 fully saturated rings. The number of imide groups is 4. The van der Waals surface area contributed by atoms with Gasteiger partial charge in [-0.3, -0.25) is 48.1 Å². The minimum Gasteiger partial charge on any atom is -0.382 e. The number of rotatable bonds is 44. The van der Waals surface area contributed by atoms with Crippen LogP contribution in [0.25, 0.3) is 0 Å². The van der Waals surface area contributed by atoms with Gasteiger partial charge in [-0.1, -0.05) is 0 Å². The van der Waals surface area contributed by atoms with Gasteiger partial charge in [0.05, 0.1) is 119 Å². The van der Waals surface area contributed by atoms with Gasteiger partial charge < -0.3 is 68.6 Å². The smallest absolute Gasteiger partial charge is 0.258 e. The number of likely N-dealkylation sites (tertiary alicyclic amines) is 1. The molecule has 1 saturated heterocycles. The lowest BCUT2D eigenvalue weighted by molar-refractivity contribution is -0.151. The third-order valence-corrected chi connectivity index (χ3v) is 9.97. The molecule has 2 aliphatic heterocycles. The van der Waals surface area contributed by atoms with Gasteiger partial charge >= 0.3 is 0 Å². The summed E-state index contributed by atoms with van der Waals surface area (Å²) < 4.78 is 53.7. The summed E-state index contributed by atoms with van der Waals surface area (Å²) in [6.07, 6.45) is 2.98. The van der Waals surface area contributed by atoms with Gasteiger partial charge in [0, 0.05) is 51.6 Å². The molecule has 0 aromatic carbocycles. The highest BCUT2D eigenvalue weighted by molar-refractivity contribution is 6.16. The topological polar surface area (TPSA) is 301 Å². The zero-order valence-corrected chi connectivity index (χ0v) is 40.8. The Morgan fingerprint density at radius 1 is 0.529 bits per heavy atom. The van der Waals surface area contributed by atoms with Crippen LogP contribution in [0.4, 0.5) is 0 Å². The molecule has 0 aromatic heterocycles. The molecule has 4 N–H and O–H groups in total. The molecule has 2 heterocycles. The average molecular weight is 1000 g/mol. The van der Waals surface area contributed by atoms with Crippen LogP contribution in [0.3, 0.4) is 0 Å². The van der Waals surface area contributed by atoms with Gasteiger partial charge in [0.25, 0.3) is 17.7 Å². The third-order valence-electron chi connectivity index (χ3n) is 9.97. The fourth-order valence-corrected chi connectivity index (χ4v) is 6.20. The van der Waals surface area contributed by atoms with Crippen LogP contribution in [0.5, 0.6) is 0 Å². The van der Waals surface area contributed by atoms with E-state index in [1.165, 1.54) is 13.8 Å². The Balaban J connectivity index is 1.51. The first-order valence-corrected chi connectivity index (χ1v) is 23.6. The van der Waals surface area contributed by atoms with E-state index in [0.29, 0.717) is 123 Å². The van der Waals surface area contributed by atoms with Gasteiger partial charge in [0.2, 0.25) is 35.4 Å². The number of hydrogen-bond donors (Lipinski definition) is 4. The van der Waals surface area contributed by atoms with Crippen LogP contribution in [0.15, 0.2) is 12.2 Å². The van der Waals surface area contributed by atoms with E-state index in [4.69, 9.17) is 47.4 Å². The summed E-state index contributed by atoms with van der Waals surface area (Å²) in [6.45, 7) is 10.4. The molecule has 70 heavy (non-hydrogen) atoms. The zero-order valence-electron chi connectivity index (χ0n) is 40.8. The second-order valence-electron chi connectivity index (χ2n) is 15.6. The van der Waals surface area contributed by atoms with Crippen LogP contribution in [0, 0.1) is 0 Å². The maximum absolute atomic E-state index is 13.3. The summed E-state index contributed by atoms with van der Waals surface area (Å²) in [4.78, 5) is 113. The summed E-state index contributed by atoms with van der Waals surface area (Å²) in [6, 6.07) is -3.55. The van der Waals surface area contributed by atoms with Crippen molar-refractivity contribution in [3.8, 4) is 0 Å². The predicted octanol–water partition coefficient (Wildman–Crippen LogP) is -2.06. The lowest BCUT2D eigenvalue weighted by Gasteiger charge is -2.23. The first-order valence-electron chi connectivity index (χ1n) is 23.6. The van der Waals surface area contributed by atoms with Crippen molar-refractivity contribution in [3.05, 3.63) is 12.2 Å². The van der Waals surface area contributed by atoms with E-state index in [0.717, 1.165) is 17.1 Å². The second kappa shape index (κ2) is 38.9. The summed E-state index contributed by atoms with van der Waals surface area (Å²) in [5.74, 6) is -5.58. The van der Waals surface area contributed by atoms with Crippen LogP contribution < -0.4 is 21.3 Å². The summed E-state index contributed by atoms with van der Waals surface area (Å²) in [5, 5.41) is 10.2. The van der Waals surface area contributed by atoms with Crippen molar-refractivity contribution >= 4 is 53.2 Å². The predicted molar refractivity (Wildman–Crippen MR) is 244 cm³/mol. The molecule has 2 aliphatic rings. The number of methoxy groups -OCH3 is 1. The van der Waals surface area contributed by atoms with Gasteiger partial charge in [-0.05, 0) is 39.5 Å². The standard InChI is InChI=1S/C45H74N6O19/c1-34(43(58)48-35(2)45(60)51-41(56)11-12-42(51)57)47-44(59)36(49-37(52)8-6-14-50-39(54)9-10-40(50)55)7-4-5-13-46-38(53)33-70-32-31-69-30-29-68-28-27-67-26-25-66-24-23-65-22-21-64-20-19-63-18-17-62-16-15-61-3/h9-10,34-36H,4-8,11-33H2,1-3H3,(H,46,53)(H,47,59)(H,48,58)(H,49,52)/t34-,35-,36-/m0/s1. The molecule has 0 unspecified atom stereocenters. The van der Waals surface area contributed by atoms with E-state index >= 15 is 0 Å². The molecule has 0 saturated carbocycles. The second-order valence-corrected chi connectivity index (χ2v) is 15.6. The SMILES string of the molecule is COCCOCCOCCOCCOCCOCCOCCOCCOCCOCC(=O)NCCCC[C@H](NC(=O)CCCN1C(=O)C=CC1=O)C(=O)N[C@@H](C)C(=O)N[C@@H](C)C(=O)N1C(=O)CCC1=O. The van der Waals surface area contributed by atoms with Crippen molar-refractivity contribution in [2.75, 3.05) is 146 Å².